The lowest BCUT2D eigenvalue weighted by atomic mass is 10.0. The number of amides is 1. The minimum atomic E-state index is -0.889. The fourth-order valence-electron chi connectivity index (χ4n) is 5.97. The highest BCUT2D eigenvalue weighted by atomic mass is 16.5. The number of carbonyl (C=O) groups excluding carboxylic acids is 1. The van der Waals surface area contributed by atoms with Crippen molar-refractivity contribution in [3.8, 4) is 0 Å². The van der Waals surface area contributed by atoms with Gasteiger partial charge in [0.15, 0.2) is 0 Å². The maximum Gasteiger partial charge on any atom is 0.224 e. The van der Waals surface area contributed by atoms with Crippen molar-refractivity contribution in [1.82, 2.24) is 4.90 Å². The molecule has 0 radical (unpaired) electrons. The van der Waals surface area contributed by atoms with E-state index in [1.807, 2.05) is 0 Å². The Labute approximate surface area is 269 Å². The lowest BCUT2D eigenvalue weighted by Gasteiger charge is -2.28. The normalized spacial score (nSPS) is 13.0. The molecule has 0 saturated carbocycles. The summed E-state index contributed by atoms with van der Waals surface area (Å²) in [6.07, 6.45) is 35.5. The summed E-state index contributed by atoms with van der Waals surface area (Å²) in [7, 11) is 0. The van der Waals surface area contributed by atoms with Gasteiger partial charge < -0.3 is 19.8 Å². The first-order chi connectivity index (χ1) is 21.0. The Morgan fingerprint density at radius 1 is 0.535 bits per heavy atom. The van der Waals surface area contributed by atoms with Gasteiger partial charge in [-0.15, -0.1) is 0 Å². The van der Waals surface area contributed by atoms with E-state index in [4.69, 9.17) is 4.74 Å². The third-order valence-electron chi connectivity index (χ3n) is 8.88. The Hall–Kier alpha value is -0.650. The maximum atomic E-state index is 12.7. The number of hydrogen-bond acceptors (Lipinski definition) is 4. The lowest BCUT2D eigenvalue weighted by Crippen LogP contribution is -2.44. The fourth-order valence-corrected chi connectivity index (χ4v) is 5.97. The van der Waals surface area contributed by atoms with E-state index in [1.54, 1.807) is 6.92 Å². The van der Waals surface area contributed by atoms with Crippen molar-refractivity contribution < 1.29 is 19.7 Å². The number of ether oxygens (including phenoxy) is 1. The lowest BCUT2D eigenvalue weighted by molar-refractivity contribution is -0.143. The maximum absolute atomic E-state index is 12.7. The average Bonchev–Trinajstić information content (AvgIpc) is 2.99. The number of nitrogens with zero attached hydrogens (tertiary/aromatic N) is 1. The molecule has 0 aliphatic rings. The first kappa shape index (κ1) is 42.3. The Balaban J connectivity index is 3.63. The molecule has 2 unspecified atom stereocenters. The van der Waals surface area contributed by atoms with Crippen molar-refractivity contribution in [3.05, 3.63) is 0 Å². The molecule has 0 aliphatic carbocycles. The fraction of sp³-hybridized carbons (Fsp3) is 0.974. The number of aliphatic hydroxyl groups excluding tert-OH is 2. The predicted octanol–water partition coefficient (Wildman–Crippen LogP) is 10.9. The molecule has 0 fully saturated rings. The van der Waals surface area contributed by atoms with Gasteiger partial charge in [0.05, 0.1) is 19.3 Å². The van der Waals surface area contributed by atoms with Crippen LogP contribution in [0.15, 0.2) is 0 Å². The Kier molecular flexibility index (Phi) is 33.7. The first-order valence-electron chi connectivity index (χ1n) is 19.3. The molecule has 258 valence electrons. The zero-order valence-electron chi connectivity index (χ0n) is 29.4. The van der Waals surface area contributed by atoms with Gasteiger partial charge in [-0.3, -0.25) is 4.79 Å². The molecule has 2 N–H and O–H groups in total. The van der Waals surface area contributed by atoms with Crippen LogP contribution in [0.4, 0.5) is 0 Å². The van der Waals surface area contributed by atoms with Gasteiger partial charge in [-0.05, 0) is 19.8 Å². The molecule has 0 rings (SSSR count). The van der Waals surface area contributed by atoms with Crippen LogP contribution >= 0.6 is 0 Å². The quantitative estimate of drug-likeness (QED) is 0.0552. The van der Waals surface area contributed by atoms with Crippen LogP contribution in [0.25, 0.3) is 0 Å². The summed E-state index contributed by atoms with van der Waals surface area (Å²) >= 11 is 0. The van der Waals surface area contributed by atoms with Crippen molar-refractivity contribution >= 4 is 5.91 Å². The molecular formula is C38H77NO4. The van der Waals surface area contributed by atoms with Crippen molar-refractivity contribution in [2.24, 2.45) is 0 Å². The zero-order valence-corrected chi connectivity index (χ0v) is 29.4. The Morgan fingerprint density at radius 3 is 1.21 bits per heavy atom. The predicted molar refractivity (Wildman–Crippen MR) is 185 cm³/mol. The van der Waals surface area contributed by atoms with Crippen molar-refractivity contribution in [2.75, 3.05) is 19.8 Å². The summed E-state index contributed by atoms with van der Waals surface area (Å²) in [6, 6.07) is 0. The number of rotatable bonds is 35. The number of carbonyl (C=O) groups is 1. The van der Waals surface area contributed by atoms with E-state index in [9.17, 15) is 15.0 Å². The molecule has 0 spiro atoms. The highest BCUT2D eigenvalue weighted by molar-refractivity contribution is 5.76. The highest BCUT2D eigenvalue weighted by Gasteiger charge is 2.21. The summed E-state index contributed by atoms with van der Waals surface area (Å²) in [6.45, 7) is 7.15. The van der Waals surface area contributed by atoms with E-state index in [2.05, 4.69) is 13.8 Å². The summed E-state index contributed by atoms with van der Waals surface area (Å²) in [4.78, 5) is 14.1. The third kappa shape index (κ3) is 31.1. The minimum Gasteiger partial charge on any atom is -0.389 e. The van der Waals surface area contributed by atoms with Crippen molar-refractivity contribution in [3.63, 3.8) is 0 Å². The van der Waals surface area contributed by atoms with Gasteiger partial charge in [0.2, 0.25) is 5.91 Å². The van der Waals surface area contributed by atoms with Crippen LogP contribution in [0.1, 0.15) is 207 Å². The van der Waals surface area contributed by atoms with Crippen LogP contribution in [0.2, 0.25) is 0 Å². The smallest absolute Gasteiger partial charge is 0.224 e. The van der Waals surface area contributed by atoms with E-state index in [0.717, 1.165) is 19.3 Å². The molecule has 0 saturated heterocycles. The summed E-state index contributed by atoms with van der Waals surface area (Å²) in [5, 5.41) is 20.5. The largest absolute Gasteiger partial charge is 0.389 e. The summed E-state index contributed by atoms with van der Waals surface area (Å²) < 4.78 is 5.68. The van der Waals surface area contributed by atoms with E-state index in [-0.39, 0.29) is 19.1 Å². The molecule has 0 aromatic carbocycles. The van der Waals surface area contributed by atoms with Crippen molar-refractivity contribution in [2.45, 2.75) is 219 Å². The molecule has 1 amide bonds. The van der Waals surface area contributed by atoms with Gasteiger partial charge in [0.1, 0.15) is 6.23 Å². The van der Waals surface area contributed by atoms with Crippen LogP contribution in [-0.2, 0) is 9.53 Å². The van der Waals surface area contributed by atoms with Gasteiger partial charge in [-0.25, -0.2) is 0 Å². The van der Waals surface area contributed by atoms with Crippen LogP contribution < -0.4 is 0 Å². The summed E-state index contributed by atoms with van der Waals surface area (Å²) in [5.41, 5.74) is 0. The minimum absolute atomic E-state index is 0.0695. The van der Waals surface area contributed by atoms with Crippen LogP contribution in [-0.4, -0.2) is 53.1 Å². The third-order valence-corrected chi connectivity index (χ3v) is 8.88. The first-order valence-corrected chi connectivity index (χ1v) is 19.3. The molecule has 0 aromatic heterocycles. The average molecular weight is 612 g/mol. The SMILES string of the molecule is CCCCCCCCCCCCCCCCOCC(O)CN(C(=O)CCCCCCCCCCCCCCCC)C(C)O. The zero-order chi connectivity index (χ0) is 31.6. The Bertz CT molecular complexity index is 556. The van der Waals surface area contributed by atoms with Crippen LogP contribution in [0.3, 0.4) is 0 Å². The van der Waals surface area contributed by atoms with E-state index < -0.39 is 12.3 Å². The number of unbranched alkanes of at least 4 members (excludes halogenated alkanes) is 26. The second-order valence-corrected chi connectivity index (χ2v) is 13.3. The van der Waals surface area contributed by atoms with Gasteiger partial charge in [0.25, 0.3) is 0 Å². The van der Waals surface area contributed by atoms with E-state index in [1.165, 1.54) is 165 Å². The standard InChI is InChI=1S/C38H77NO4/c1-4-6-8-10-12-14-16-18-20-22-24-26-28-30-32-38(42)39(36(3)40)34-37(41)35-43-33-31-29-27-25-23-21-19-17-15-13-11-9-7-5-2/h36-37,40-41H,4-35H2,1-3H3. The summed E-state index contributed by atoms with van der Waals surface area (Å²) in [5.74, 6) is -0.0695. The highest BCUT2D eigenvalue weighted by Crippen LogP contribution is 2.15. The molecule has 0 aromatic rings. The molecular weight excluding hydrogens is 534 g/mol. The molecule has 0 aliphatic heterocycles. The van der Waals surface area contributed by atoms with Gasteiger partial charge in [-0.1, -0.05) is 181 Å². The molecule has 2 atom stereocenters. The molecule has 43 heavy (non-hydrogen) atoms. The number of hydrogen-bond donors (Lipinski definition) is 2. The topological polar surface area (TPSA) is 70.0 Å². The Morgan fingerprint density at radius 2 is 0.860 bits per heavy atom. The van der Waals surface area contributed by atoms with Crippen molar-refractivity contribution in [1.29, 1.82) is 0 Å². The molecule has 5 heteroatoms. The molecule has 0 bridgehead atoms. The van der Waals surface area contributed by atoms with Crippen LogP contribution in [0, 0.1) is 0 Å². The van der Waals surface area contributed by atoms with E-state index >= 15 is 0 Å². The van der Waals surface area contributed by atoms with Crippen LogP contribution in [0.5, 0.6) is 0 Å². The van der Waals surface area contributed by atoms with Gasteiger partial charge in [-0.2, -0.15) is 0 Å². The van der Waals surface area contributed by atoms with Gasteiger partial charge in [0, 0.05) is 13.0 Å². The van der Waals surface area contributed by atoms with E-state index in [0.29, 0.717) is 13.0 Å². The van der Waals surface area contributed by atoms with Gasteiger partial charge >= 0.3 is 0 Å². The monoisotopic (exact) mass is 612 g/mol. The molecule has 0 heterocycles. The molecule has 5 nitrogen and oxygen atoms in total. The second-order valence-electron chi connectivity index (χ2n) is 13.3. The number of aliphatic hydroxyl groups is 2. The second kappa shape index (κ2) is 34.2.